The summed E-state index contributed by atoms with van der Waals surface area (Å²) in [6.07, 6.45) is 1.25. The third kappa shape index (κ3) is 3.51. The van der Waals surface area contributed by atoms with E-state index in [9.17, 15) is 4.79 Å². The molecule has 0 aliphatic heterocycles. The van der Waals surface area contributed by atoms with E-state index in [1.807, 2.05) is 12.1 Å². The Labute approximate surface area is 102 Å². The zero-order chi connectivity index (χ0) is 12.1. The number of halogens is 1. The molecule has 0 aliphatic rings. The molecule has 0 radical (unpaired) electrons. The van der Waals surface area contributed by atoms with Crippen LogP contribution in [0.2, 0.25) is 0 Å². The molecule has 3 N–H and O–H groups in total. The lowest BCUT2D eigenvalue weighted by atomic mass is 10.2. The van der Waals surface area contributed by atoms with Crippen LogP contribution < -0.4 is 5.73 Å². The van der Waals surface area contributed by atoms with E-state index >= 15 is 0 Å². The lowest BCUT2D eigenvalue weighted by molar-refractivity contribution is -0.132. The summed E-state index contributed by atoms with van der Waals surface area (Å²) in [6.45, 7) is 1.52. The van der Waals surface area contributed by atoms with E-state index < -0.39 is 5.97 Å². The van der Waals surface area contributed by atoms with Crippen molar-refractivity contribution in [3.8, 4) is 0 Å². The number of carboxylic acids is 1. The van der Waals surface area contributed by atoms with E-state index in [-0.39, 0.29) is 11.3 Å². The van der Waals surface area contributed by atoms with Crippen LogP contribution in [0.3, 0.4) is 0 Å². The first-order valence-corrected chi connectivity index (χ1v) is 5.29. The number of aliphatic carboxylic acids is 1. The fourth-order valence-electron chi connectivity index (χ4n) is 0.992. The minimum absolute atomic E-state index is 0.00270. The molecule has 4 nitrogen and oxygen atoms in total. The molecule has 0 saturated heterocycles. The highest BCUT2D eigenvalue weighted by Gasteiger charge is 2.06. The van der Waals surface area contributed by atoms with Crippen molar-refractivity contribution in [2.75, 3.05) is 0 Å². The first-order valence-electron chi connectivity index (χ1n) is 4.50. The molecule has 0 aromatic heterocycles. The van der Waals surface area contributed by atoms with Gasteiger partial charge in [-0.3, -0.25) is 4.99 Å². The van der Waals surface area contributed by atoms with Crippen molar-refractivity contribution in [2.24, 2.45) is 10.7 Å². The summed E-state index contributed by atoms with van der Waals surface area (Å²) in [5.41, 5.74) is 6.33. The van der Waals surface area contributed by atoms with Gasteiger partial charge in [0.1, 0.15) is 0 Å². The zero-order valence-corrected chi connectivity index (χ0v) is 10.2. The Kier molecular flexibility index (Phi) is 4.25. The van der Waals surface area contributed by atoms with E-state index in [0.29, 0.717) is 5.69 Å². The third-order valence-corrected chi connectivity index (χ3v) is 2.35. The van der Waals surface area contributed by atoms with E-state index in [1.165, 1.54) is 13.1 Å². The summed E-state index contributed by atoms with van der Waals surface area (Å²) in [5, 5.41) is 8.83. The minimum Gasteiger partial charge on any atom is -0.478 e. The third-order valence-electron chi connectivity index (χ3n) is 1.82. The van der Waals surface area contributed by atoms with Crippen molar-refractivity contribution in [1.29, 1.82) is 0 Å². The number of allylic oxidation sites excluding steroid dienone is 1. The topological polar surface area (TPSA) is 75.7 Å². The molecule has 1 aromatic rings. The standard InChI is InChI=1S/C11H11BrN2O2/c1-7(13)10(11(15)16)6-14-9-4-2-8(12)3-5-9/h2-6H,13H2,1H3,(H,15,16). The summed E-state index contributed by atoms with van der Waals surface area (Å²) in [5.74, 6) is -1.08. The van der Waals surface area contributed by atoms with Crippen LogP contribution in [0.4, 0.5) is 5.69 Å². The summed E-state index contributed by atoms with van der Waals surface area (Å²) < 4.78 is 0.940. The van der Waals surface area contributed by atoms with E-state index in [1.54, 1.807) is 12.1 Å². The smallest absolute Gasteiger partial charge is 0.339 e. The Morgan fingerprint density at radius 1 is 1.44 bits per heavy atom. The molecule has 0 saturated carbocycles. The highest BCUT2D eigenvalue weighted by Crippen LogP contribution is 2.16. The molecule has 16 heavy (non-hydrogen) atoms. The number of hydrogen-bond acceptors (Lipinski definition) is 3. The molecule has 5 heteroatoms. The fourth-order valence-corrected chi connectivity index (χ4v) is 1.26. The molecule has 1 rings (SSSR count). The van der Waals surface area contributed by atoms with Gasteiger partial charge < -0.3 is 10.8 Å². The molecule has 0 bridgehead atoms. The molecular weight excluding hydrogens is 272 g/mol. The van der Waals surface area contributed by atoms with Crippen molar-refractivity contribution in [3.63, 3.8) is 0 Å². The summed E-state index contributed by atoms with van der Waals surface area (Å²) >= 11 is 3.30. The van der Waals surface area contributed by atoms with Gasteiger partial charge in [0.2, 0.25) is 0 Å². The SMILES string of the molecule is CC(N)=C(C=Nc1ccc(Br)cc1)C(=O)O. The van der Waals surface area contributed by atoms with Crippen molar-refractivity contribution >= 4 is 33.8 Å². The second kappa shape index (κ2) is 5.46. The predicted octanol–water partition coefficient (Wildman–Crippen LogP) is 2.47. The normalized spacial score (nSPS) is 12.6. The van der Waals surface area contributed by atoms with Crippen molar-refractivity contribution in [1.82, 2.24) is 0 Å². The average Bonchev–Trinajstić information content (AvgIpc) is 2.20. The lowest BCUT2D eigenvalue weighted by Crippen LogP contribution is -2.09. The first-order chi connectivity index (χ1) is 7.50. The number of carbonyl (C=O) groups is 1. The van der Waals surface area contributed by atoms with E-state index in [0.717, 1.165) is 4.47 Å². The van der Waals surface area contributed by atoms with Crippen LogP contribution >= 0.6 is 15.9 Å². The van der Waals surface area contributed by atoms with Gasteiger partial charge in [0.15, 0.2) is 0 Å². The molecule has 0 spiro atoms. The van der Waals surface area contributed by atoms with Gasteiger partial charge in [-0.1, -0.05) is 15.9 Å². The number of carboxylic acid groups (broad SMARTS) is 1. The number of benzene rings is 1. The van der Waals surface area contributed by atoms with Crippen LogP contribution in [0.25, 0.3) is 0 Å². The van der Waals surface area contributed by atoms with Crippen LogP contribution in [0.1, 0.15) is 6.92 Å². The Morgan fingerprint density at radius 3 is 2.44 bits per heavy atom. The van der Waals surface area contributed by atoms with Crippen LogP contribution in [0, 0.1) is 0 Å². The number of aliphatic imine (C=N–C) groups is 1. The maximum atomic E-state index is 10.8. The second-order valence-corrected chi connectivity index (χ2v) is 4.05. The summed E-state index contributed by atoms with van der Waals surface area (Å²) in [7, 11) is 0. The minimum atomic E-state index is -1.08. The number of nitrogens with zero attached hydrogens (tertiary/aromatic N) is 1. The van der Waals surface area contributed by atoms with Gasteiger partial charge in [0.25, 0.3) is 0 Å². The molecule has 1 aromatic carbocycles. The number of rotatable bonds is 3. The zero-order valence-electron chi connectivity index (χ0n) is 8.64. The maximum Gasteiger partial charge on any atom is 0.339 e. The van der Waals surface area contributed by atoms with E-state index in [2.05, 4.69) is 20.9 Å². The Morgan fingerprint density at radius 2 is 2.00 bits per heavy atom. The van der Waals surface area contributed by atoms with Crippen LogP contribution in [-0.2, 0) is 4.79 Å². The predicted molar refractivity (Wildman–Crippen MR) is 66.8 cm³/mol. The molecule has 0 heterocycles. The molecule has 0 aliphatic carbocycles. The van der Waals surface area contributed by atoms with Crippen LogP contribution in [-0.4, -0.2) is 17.3 Å². The van der Waals surface area contributed by atoms with Gasteiger partial charge in [-0.25, -0.2) is 4.79 Å². The average molecular weight is 283 g/mol. The van der Waals surface area contributed by atoms with Gasteiger partial charge in [-0.2, -0.15) is 0 Å². The molecule has 0 atom stereocenters. The first kappa shape index (κ1) is 12.4. The Hall–Kier alpha value is -1.62. The summed E-state index contributed by atoms with van der Waals surface area (Å²) in [4.78, 5) is 14.8. The monoisotopic (exact) mass is 282 g/mol. The van der Waals surface area contributed by atoms with Gasteiger partial charge in [0, 0.05) is 16.4 Å². The van der Waals surface area contributed by atoms with Gasteiger partial charge in [-0.15, -0.1) is 0 Å². The van der Waals surface area contributed by atoms with Gasteiger partial charge in [-0.05, 0) is 31.2 Å². The number of nitrogens with two attached hydrogens (primary N) is 1. The summed E-state index contributed by atoms with van der Waals surface area (Å²) in [6, 6.07) is 7.19. The van der Waals surface area contributed by atoms with Crippen LogP contribution in [0.5, 0.6) is 0 Å². The molecule has 0 amide bonds. The quantitative estimate of drug-likeness (QED) is 0.661. The second-order valence-electron chi connectivity index (χ2n) is 3.14. The van der Waals surface area contributed by atoms with Gasteiger partial charge in [0.05, 0.1) is 11.3 Å². The molecule has 84 valence electrons. The lowest BCUT2D eigenvalue weighted by Gasteiger charge is -1.98. The van der Waals surface area contributed by atoms with Crippen molar-refractivity contribution in [2.45, 2.75) is 6.92 Å². The Balaban J connectivity index is 2.92. The Bertz CT molecular complexity index is 446. The number of hydrogen-bond donors (Lipinski definition) is 2. The molecule has 0 fully saturated rings. The van der Waals surface area contributed by atoms with Crippen LogP contribution in [0.15, 0.2) is 45.0 Å². The van der Waals surface area contributed by atoms with Gasteiger partial charge >= 0.3 is 5.97 Å². The fraction of sp³-hybridized carbons (Fsp3) is 0.0909. The largest absolute Gasteiger partial charge is 0.478 e. The van der Waals surface area contributed by atoms with E-state index in [4.69, 9.17) is 10.8 Å². The van der Waals surface area contributed by atoms with Crippen molar-refractivity contribution in [3.05, 3.63) is 40.0 Å². The highest BCUT2D eigenvalue weighted by atomic mass is 79.9. The molecular formula is C11H11BrN2O2. The van der Waals surface area contributed by atoms with Crippen molar-refractivity contribution < 1.29 is 9.90 Å². The highest BCUT2D eigenvalue weighted by molar-refractivity contribution is 9.10. The molecule has 0 unspecified atom stereocenters. The maximum absolute atomic E-state index is 10.8.